The van der Waals surface area contributed by atoms with E-state index in [1.807, 2.05) is 11.8 Å². The van der Waals surface area contributed by atoms with Gasteiger partial charge in [0.05, 0.1) is 11.8 Å². The van der Waals surface area contributed by atoms with Crippen molar-refractivity contribution in [3.63, 3.8) is 0 Å². The van der Waals surface area contributed by atoms with Crippen LogP contribution in [0.4, 0.5) is 10.1 Å². The number of anilines is 1. The standard InChI is InChI=1S/C12H19FN2O/c1-2-15(8-7-10(16)9-14)12-6-4-3-5-11(12)13/h3-6,10,16H,2,7-9,14H2,1H3. The normalized spacial score (nSPS) is 12.5. The van der Waals surface area contributed by atoms with Crippen molar-refractivity contribution in [1.82, 2.24) is 0 Å². The van der Waals surface area contributed by atoms with Gasteiger partial charge in [0.1, 0.15) is 5.82 Å². The third-order valence-corrected chi connectivity index (χ3v) is 2.58. The molecule has 1 unspecified atom stereocenters. The molecule has 0 amide bonds. The predicted molar refractivity (Wildman–Crippen MR) is 64.0 cm³/mol. The second-order valence-electron chi connectivity index (χ2n) is 3.71. The number of hydrogen-bond donors (Lipinski definition) is 2. The zero-order valence-electron chi connectivity index (χ0n) is 9.56. The van der Waals surface area contributed by atoms with E-state index in [1.165, 1.54) is 6.07 Å². The van der Waals surface area contributed by atoms with Crippen LogP contribution in [0.5, 0.6) is 0 Å². The summed E-state index contributed by atoms with van der Waals surface area (Å²) in [6, 6.07) is 6.66. The minimum atomic E-state index is -0.513. The highest BCUT2D eigenvalue weighted by molar-refractivity contribution is 5.47. The molecule has 0 aliphatic heterocycles. The highest BCUT2D eigenvalue weighted by Crippen LogP contribution is 2.18. The Labute approximate surface area is 95.7 Å². The Morgan fingerprint density at radius 3 is 2.69 bits per heavy atom. The molecule has 0 aliphatic rings. The molecule has 1 aromatic rings. The smallest absolute Gasteiger partial charge is 0.146 e. The summed E-state index contributed by atoms with van der Waals surface area (Å²) in [5, 5.41) is 9.37. The fourth-order valence-electron chi connectivity index (χ4n) is 1.58. The van der Waals surface area contributed by atoms with E-state index in [4.69, 9.17) is 5.73 Å². The quantitative estimate of drug-likeness (QED) is 0.770. The van der Waals surface area contributed by atoms with E-state index in [2.05, 4.69) is 0 Å². The number of rotatable bonds is 6. The van der Waals surface area contributed by atoms with Gasteiger partial charge >= 0.3 is 0 Å². The molecule has 0 aromatic heterocycles. The van der Waals surface area contributed by atoms with Crippen molar-refractivity contribution >= 4 is 5.69 Å². The van der Waals surface area contributed by atoms with E-state index in [9.17, 15) is 9.50 Å². The molecular weight excluding hydrogens is 207 g/mol. The molecule has 90 valence electrons. The van der Waals surface area contributed by atoms with Crippen LogP contribution < -0.4 is 10.6 Å². The Balaban J connectivity index is 2.64. The van der Waals surface area contributed by atoms with Crippen LogP contribution in [-0.4, -0.2) is 30.8 Å². The van der Waals surface area contributed by atoms with Crippen molar-refractivity contribution in [2.24, 2.45) is 5.73 Å². The third-order valence-electron chi connectivity index (χ3n) is 2.58. The Morgan fingerprint density at radius 2 is 2.12 bits per heavy atom. The predicted octanol–water partition coefficient (Wildman–Crippen LogP) is 1.36. The average molecular weight is 226 g/mol. The van der Waals surface area contributed by atoms with Crippen LogP contribution >= 0.6 is 0 Å². The molecule has 4 heteroatoms. The lowest BCUT2D eigenvalue weighted by molar-refractivity contribution is 0.174. The van der Waals surface area contributed by atoms with Crippen LogP contribution in [-0.2, 0) is 0 Å². The van der Waals surface area contributed by atoms with Crippen LogP contribution in [0.3, 0.4) is 0 Å². The second-order valence-corrected chi connectivity index (χ2v) is 3.71. The van der Waals surface area contributed by atoms with E-state index in [1.54, 1.807) is 18.2 Å². The number of aliphatic hydroxyl groups is 1. The highest BCUT2D eigenvalue weighted by Gasteiger charge is 2.10. The van der Waals surface area contributed by atoms with Crippen LogP contribution in [0.25, 0.3) is 0 Å². The number of aliphatic hydroxyl groups excluding tert-OH is 1. The van der Waals surface area contributed by atoms with E-state index >= 15 is 0 Å². The topological polar surface area (TPSA) is 49.5 Å². The van der Waals surface area contributed by atoms with Gasteiger partial charge in [-0.15, -0.1) is 0 Å². The summed E-state index contributed by atoms with van der Waals surface area (Å²) in [6.07, 6.45) is 0.0411. The lowest BCUT2D eigenvalue weighted by Gasteiger charge is -2.24. The van der Waals surface area contributed by atoms with Crippen LogP contribution in [0.1, 0.15) is 13.3 Å². The summed E-state index contributed by atoms with van der Waals surface area (Å²) in [6.45, 7) is 3.52. The SMILES string of the molecule is CCN(CCC(O)CN)c1ccccc1F. The van der Waals surface area contributed by atoms with Gasteiger partial charge in [-0.05, 0) is 25.5 Å². The molecule has 0 fully saturated rings. The molecule has 0 saturated carbocycles. The van der Waals surface area contributed by atoms with Gasteiger partial charge in [-0.2, -0.15) is 0 Å². The zero-order chi connectivity index (χ0) is 12.0. The van der Waals surface area contributed by atoms with Gasteiger partial charge < -0.3 is 15.7 Å². The third kappa shape index (κ3) is 3.47. The van der Waals surface area contributed by atoms with Crippen LogP contribution in [0.2, 0.25) is 0 Å². The van der Waals surface area contributed by atoms with Gasteiger partial charge in [-0.1, -0.05) is 12.1 Å². The molecule has 3 N–H and O–H groups in total. The highest BCUT2D eigenvalue weighted by atomic mass is 19.1. The maximum Gasteiger partial charge on any atom is 0.146 e. The molecule has 1 rings (SSSR count). The summed E-state index contributed by atoms with van der Waals surface area (Å²) in [5.74, 6) is -0.230. The monoisotopic (exact) mass is 226 g/mol. The molecule has 0 radical (unpaired) electrons. The maximum absolute atomic E-state index is 13.5. The Morgan fingerprint density at radius 1 is 1.44 bits per heavy atom. The van der Waals surface area contributed by atoms with Crippen LogP contribution in [0.15, 0.2) is 24.3 Å². The summed E-state index contributed by atoms with van der Waals surface area (Å²) in [7, 11) is 0. The summed E-state index contributed by atoms with van der Waals surface area (Å²) >= 11 is 0. The van der Waals surface area contributed by atoms with E-state index in [-0.39, 0.29) is 12.4 Å². The number of nitrogens with zero attached hydrogens (tertiary/aromatic N) is 1. The summed E-state index contributed by atoms with van der Waals surface area (Å²) < 4.78 is 13.5. The fraction of sp³-hybridized carbons (Fsp3) is 0.500. The van der Waals surface area contributed by atoms with Gasteiger partial charge in [0.2, 0.25) is 0 Å². The van der Waals surface area contributed by atoms with Gasteiger partial charge in [0, 0.05) is 19.6 Å². The summed E-state index contributed by atoms with van der Waals surface area (Å²) in [5.41, 5.74) is 5.90. The Hall–Kier alpha value is -1.13. The largest absolute Gasteiger partial charge is 0.392 e. The van der Waals surface area contributed by atoms with E-state index in [0.717, 1.165) is 0 Å². The van der Waals surface area contributed by atoms with Crippen molar-refractivity contribution in [3.8, 4) is 0 Å². The van der Waals surface area contributed by atoms with Gasteiger partial charge in [-0.3, -0.25) is 0 Å². The minimum Gasteiger partial charge on any atom is -0.392 e. The lowest BCUT2D eigenvalue weighted by atomic mass is 10.2. The van der Waals surface area contributed by atoms with Crippen molar-refractivity contribution in [2.75, 3.05) is 24.5 Å². The molecule has 0 saturated heterocycles. The fourth-order valence-corrected chi connectivity index (χ4v) is 1.58. The molecule has 0 spiro atoms. The van der Waals surface area contributed by atoms with Crippen molar-refractivity contribution in [2.45, 2.75) is 19.4 Å². The number of hydrogen-bond acceptors (Lipinski definition) is 3. The molecule has 0 bridgehead atoms. The molecule has 16 heavy (non-hydrogen) atoms. The number of nitrogens with two attached hydrogens (primary N) is 1. The first kappa shape index (κ1) is 12.9. The Bertz CT molecular complexity index is 320. The molecular formula is C12H19FN2O. The molecule has 1 atom stereocenters. The lowest BCUT2D eigenvalue weighted by Crippen LogP contribution is -2.30. The number of para-hydroxylation sites is 1. The van der Waals surface area contributed by atoms with E-state index in [0.29, 0.717) is 25.2 Å². The first-order valence-electron chi connectivity index (χ1n) is 5.56. The van der Waals surface area contributed by atoms with Crippen molar-refractivity contribution in [1.29, 1.82) is 0 Å². The van der Waals surface area contributed by atoms with Crippen molar-refractivity contribution in [3.05, 3.63) is 30.1 Å². The first-order valence-corrected chi connectivity index (χ1v) is 5.56. The number of halogens is 1. The summed E-state index contributed by atoms with van der Waals surface area (Å²) in [4.78, 5) is 1.90. The average Bonchev–Trinajstić information content (AvgIpc) is 2.31. The van der Waals surface area contributed by atoms with Crippen molar-refractivity contribution < 1.29 is 9.50 Å². The Kier molecular flexibility index (Phi) is 5.22. The van der Waals surface area contributed by atoms with E-state index < -0.39 is 6.10 Å². The van der Waals surface area contributed by atoms with Gasteiger partial charge in [-0.25, -0.2) is 4.39 Å². The van der Waals surface area contributed by atoms with Crippen LogP contribution in [0, 0.1) is 5.82 Å². The molecule has 3 nitrogen and oxygen atoms in total. The van der Waals surface area contributed by atoms with Gasteiger partial charge in [0.15, 0.2) is 0 Å². The molecule has 1 aromatic carbocycles. The van der Waals surface area contributed by atoms with Gasteiger partial charge in [0.25, 0.3) is 0 Å². The zero-order valence-corrected chi connectivity index (χ0v) is 9.56. The maximum atomic E-state index is 13.5. The minimum absolute atomic E-state index is 0.230. The number of benzene rings is 1. The second kappa shape index (κ2) is 6.45. The molecule has 0 heterocycles. The first-order chi connectivity index (χ1) is 7.69. The molecule has 0 aliphatic carbocycles.